The third kappa shape index (κ3) is 5.92. The molecule has 2 fully saturated rings. The number of aldehydes is 1. The molecule has 2 saturated carbocycles. The minimum absolute atomic E-state index is 0.0144. The maximum atomic E-state index is 11.0. The quantitative estimate of drug-likeness (QED) is 0.251. The number of fused-ring (bicyclic) bond motifs is 6. The van der Waals surface area contributed by atoms with E-state index in [-0.39, 0.29) is 6.61 Å². The number of carbonyl (C=O) groups excluding carboxylic acids is 1. The third-order valence-electron chi connectivity index (χ3n) is 9.71. The van der Waals surface area contributed by atoms with Crippen LogP contribution in [0.4, 0.5) is 0 Å². The Balaban J connectivity index is 0.000000142. The van der Waals surface area contributed by atoms with Gasteiger partial charge in [-0.15, -0.1) is 0 Å². The molecule has 44 heavy (non-hydrogen) atoms. The summed E-state index contributed by atoms with van der Waals surface area (Å²) >= 11 is 0. The number of nitrogens with zero attached hydrogens (tertiary/aromatic N) is 4. The fraction of sp³-hybridized carbons (Fsp3) is 0.472. The highest BCUT2D eigenvalue weighted by Crippen LogP contribution is 2.33. The molecule has 0 radical (unpaired) electrons. The van der Waals surface area contributed by atoms with Gasteiger partial charge in [0, 0.05) is 5.69 Å². The van der Waals surface area contributed by atoms with Gasteiger partial charge in [0.2, 0.25) is 0 Å². The van der Waals surface area contributed by atoms with Crippen molar-refractivity contribution >= 4 is 6.29 Å². The fourth-order valence-corrected chi connectivity index (χ4v) is 7.36. The molecule has 2 aliphatic heterocycles. The van der Waals surface area contributed by atoms with Crippen molar-refractivity contribution in [3.05, 3.63) is 83.0 Å². The monoisotopic (exact) mass is 594 g/mol. The summed E-state index contributed by atoms with van der Waals surface area (Å²) in [6.45, 7) is 0.0144. The van der Waals surface area contributed by atoms with Crippen LogP contribution in [0.25, 0.3) is 11.4 Å². The van der Waals surface area contributed by atoms with E-state index in [4.69, 9.17) is 9.47 Å². The molecule has 8 rings (SSSR count). The number of hydrogen-bond donors (Lipinski definition) is 1. The van der Waals surface area contributed by atoms with Crippen LogP contribution < -0.4 is 9.47 Å². The van der Waals surface area contributed by atoms with E-state index in [1.807, 2.05) is 17.0 Å². The van der Waals surface area contributed by atoms with Crippen molar-refractivity contribution in [1.82, 2.24) is 19.1 Å². The molecule has 0 atom stereocenters. The highest BCUT2D eigenvalue weighted by molar-refractivity contribution is 5.74. The van der Waals surface area contributed by atoms with Crippen molar-refractivity contribution in [2.75, 3.05) is 0 Å². The molecule has 2 aliphatic carbocycles. The molecule has 2 aromatic heterocycles. The summed E-state index contributed by atoms with van der Waals surface area (Å²) in [4.78, 5) is 19.5. The lowest BCUT2D eigenvalue weighted by Gasteiger charge is -2.25. The van der Waals surface area contributed by atoms with Crippen molar-refractivity contribution in [1.29, 1.82) is 0 Å². The molecule has 8 nitrogen and oxygen atoms in total. The maximum Gasteiger partial charge on any atom is 0.170 e. The van der Waals surface area contributed by atoms with Gasteiger partial charge in [0.15, 0.2) is 6.29 Å². The van der Waals surface area contributed by atoms with Gasteiger partial charge in [-0.2, -0.15) is 0 Å². The minimum atomic E-state index is 0.0144. The number of benzene rings is 2. The predicted molar refractivity (Wildman–Crippen MR) is 168 cm³/mol. The Hall–Kier alpha value is -3.91. The molecule has 4 aromatic rings. The summed E-state index contributed by atoms with van der Waals surface area (Å²) in [5.41, 5.74) is 8.39. The molecule has 0 spiro atoms. The van der Waals surface area contributed by atoms with Gasteiger partial charge in [0.25, 0.3) is 0 Å². The Kier molecular flexibility index (Phi) is 8.51. The van der Waals surface area contributed by atoms with Crippen LogP contribution >= 0.6 is 0 Å². The number of aryl methyl sites for hydroxylation is 2. The molecule has 8 heteroatoms. The van der Waals surface area contributed by atoms with Crippen molar-refractivity contribution in [3.63, 3.8) is 0 Å². The second kappa shape index (κ2) is 13.0. The van der Waals surface area contributed by atoms with E-state index in [1.54, 1.807) is 6.33 Å². The lowest BCUT2D eigenvalue weighted by Crippen LogP contribution is -2.20. The van der Waals surface area contributed by atoms with Gasteiger partial charge in [-0.3, -0.25) is 4.79 Å². The standard InChI is InChI=1S/C18H22N2O2.C18H20N2O2/c2*21-11-16-18-8-6-13-10-15(22-14-4-2-1-3-5-14)7-9-17(13)20(18)12-19-16/h7,9-10,12,14,21H,1-6,8,11H2;7,9-12,14H,1-6,8H2. The van der Waals surface area contributed by atoms with E-state index in [0.717, 1.165) is 66.2 Å². The molecule has 2 aromatic carbocycles. The molecule has 4 heterocycles. The molecule has 4 aliphatic rings. The number of rotatable bonds is 6. The molecule has 1 N–H and O–H groups in total. The topological polar surface area (TPSA) is 91.4 Å². The van der Waals surface area contributed by atoms with Crippen molar-refractivity contribution in [3.8, 4) is 22.9 Å². The van der Waals surface area contributed by atoms with Crippen LogP contribution in [0.15, 0.2) is 49.1 Å². The lowest BCUT2D eigenvalue weighted by molar-refractivity contribution is 0.111. The van der Waals surface area contributed by atoms with Crippen molar-refractivity contribution < 1.29 is 19.4 Å². The Morgan fingerprint density at radius 3 is 1.77 bits per heavy atom. The molecule has 0 amide bonds. The lowest BCUT2D eigenvalue weighted by atomic mass is 9.97. The van der Waals surface area contributed by atoms with E-state index >= 15 is 0 Å². The molecular weight excluding hydrogens is 552 g/mol. The first-order valence-electron chi connectivity index (χ1n) is 16.5. The van der Waals surface area contributed by atoms with Gasteiger partial charge in [0.05, 0.1) is 47.9 Å². The first-order chi connectivity index (χ1) is 21.7. The molecule has 0 bridgehead atoms. The number of aliphatic hydroxyl groups is 1. The zero-order chi connectivity index (χ0) is 29.9. The first-order valence-corrected chi connectivity index (χ1v) is 16.5. The molecule has 0 unspecified atom stereocenters. The van der Waals surface area contributed by atoms with Gasteiger partial charge in [-0.25, -0.2) is 9.97 Å². The second-order valence-electron chi connectivity index (χ2n) is 12.6. The van der Waals surface area contributed by atoms with Crippen LogP contribution in [0.2, 0.25) is 0 Å². The van der Waals surface area contributed by atoms with Gasteiger partial charge < -0.3 is 23.7 Å². The number of aliphatic hydroxyl groups excluding tert-OH is 1. The normalized spacial score (nSPS) is 17.8. The number of aromatic nitrogens is 4. The maximum absolute atomic E-state index is 11.0. The second-order valence-corrected chi connectivity index (χ2v) is 12.6. The SMILES string of the molecule is O=Cc1ncn2c1CCc1cc(OC3CCCCC3)ccc1-2.OCc1ncn2c1CCc1cc(OC3CCCCC3)ccc1-2. The smallest absolute Gasteiger partial charge is 0.170 e. The summed E-state index contributed by atoms with van der Waals surface area (Å²) in [6.07, 6.45) is 21.4. The Morgan fingerprint density at radius 1 is 0.705 bits per heavy atom. The number of ether oxygens (including phenoxy) is 2. The summed E-state index contributed by atoms with van der Waals surface area (Å²) in [6, 6.07) is 12.7. The zero-order valence-corrected chi connectivity index (χ0v) is 25.4. The van der Waals surface area contributed by atoms with Crippen molar-refractivity contribution in [2.24, 2.45) is 0 Å². The number of carbonyl (C=O) groups is 1. The minimum Gasteiger partial charge on any atom is -0.490 e. The zero-order valence-electron chi connectivity index (χ0n) is 25.4. The summed E-state index contributed by atoms with van der Waals surface area (Å²) in [7, 11) is 0. The average Bonchev–Trinajstić information content (AvgIpc) is 3.70. The van der Waals surface area contributed by atoms with Gasteiger partial charge in [-0.1, -0.05) is 12.8 Å². The largest absolute Gasteiger partial charge is 0.490 e. The highest BCUT2D eigenvalue weighted by atomic mass is 16.5. The molecule has 0 saturated heterocycles. The number of imidazole rings is 2. The van der Waals surface area contributed by atoms with Crippen LogP contribution in [0.1, 0.15) is 103 Å². The van der Waals surface area contributed by atoms with E-state index in [9.17, 15) is 9.90 Å². The Bertz CT molecular complexity index is 1610. The predicted octanol–water partition coefficient (Wildman–Crippen LogP) is 6.67. The van der Waals surface area contributed by atoms with Gasteiger partial charge >= 0.3 is 0 Å². The van der Waals surface area contributed by atoms with Crippen molar-refractivity contribution in [2.45, 2.75) is 109 Å². The van der Waals surface area contributed by atoms with Gasteiger partial charge in [-0.05, 0) is 125 Å². The number of hydrogen-bond acceptors (Lipinski definition) is 6. The van der Waals surface area contributed by atoms with Crippen LogP contribution in [-0.4, -0.2) is 42.7 Å². The van der Waals surface area contributed by atoms with Crippen LogP contribution in [0, 0.1) is 0 Å². The van der Waals surface area contributed by atoms with Crippen LogP contribution in [0.3, 0.4) is 0 Å². The summed E-state index contributed by atoms with van der Waals surface area (Å²) < 4.78 is 16.5. The van der Waals surface area contributed by atoms with E-state index in [2.05, 4.69) is 44.9 Å². The Morgan fingerprint density at radius 2 is 1.23 bits per heavy atom. The van der Waals surface area contributed by atoms with Crippen LogP contribution in [-0.2, 0) is 32.3 Å². The van der Waals surface area contributed by atoms with Gasteiger partial charge in [0.1, 0.15) is 23.5 Å². The molecule has 230 valence electrons. The Labute approximate surface area is 259 Å². The third-order valence-corrected chi connectivity index (χ3v) is 9.71. The van der Waals surface area contributed by atoms with Crippen LogP contribution in [0.5, 0.6) is 11.5 Å². The first kappa shape index (κ1) is 28.8. The highest BCUT2D eigenvalue weighted by Gasteiger charge is 2.23. The van der Waals surface area contributed by atoms with E-state index in [1.165, 1.54) is 81.0 Å². The average molecular weight is 595 g/mol. The van der Waals surface area contributed by atoms with E-state index < -0.39 is 0 Å². The summed E-state index contributed by atoms with van der Waals surface area (Å²) in [5, 5.41) is 9.36. The summed E-state index contributed by atoms with van der Waals surface area (Å²) in [5.74, 6) is 1.97. The van der Waals surface area contributed by atoms with E-state index in [0.29, 0.717) is 17.9 Å². The molecular formula is C36H42N4O4. The fourth-order valence-electron chi connectivity index (χ4n) is 7.36.